The molecule has 18 heavy (non-hydrogen) atoms. The molecule has 2 aromatic rings. The molecule has 2 nitrogen and oxygen atoms in total. The Hall–Kier alpha value is -1.67. The van der Waals surface area contributed by atoms with Gasteiger partial charge in [0.1, 0.15) is 0 Å². The number of nitrogens with zero attached hydrogens (tertiary/aromatic N) is 1. The van der Waals surface area contributed by atoms with Gasteiger partial charge in [0.15, 0.2) is 0 Å². The topological polar surface area (TPSA) is 24.9 Å². The summed E-state index contributed by atoms with van der Waals surface area (Å²) in [5.74, 6) is 0.887. The zero-order chi connectivity index (χ0) is 12.2. The van der Waals surface area contributed by atoms with Crippen molar-refractivity contribution in [1.82, 2.24) is 10.3 Å². The number of rotatable bonds is 5. The van der Waals surface area contributed by atoms with Gasteiger partial charge in [0, 0.05) is 12.4 Å². The molecule has 0 radical (unpaired) electrons. The van der Waals surface area contributed by atoms with Crippen molar-refractivity contribution in [3.05, 3.63) is 66.0 Å². The summed E-state index contributed by atoms with van der Waals surface area (Å²) in [6.07, 6.45) is 6.49. The lowest BCUT2D eigenvalue weighted by Crippen LogP contribution is -2.24. The molecule has 0 aliphatic heterocycles. The maximum Gasteiger partial charge on any atom is 0.0577 e. The van der Waals surface area contributed by atoms with E-state index in [0.717, 1.165) is 12.5 Å². The largest absolute Gasteiger partial charge is 0.306 e. The lowest BCUT2D eigenvalue weighted by atomic mass is 9.99. The molecule has 0 unspecified atom stereocenters. The Balaban J connectivity index is 1.83. The predicted octanol–water partition coefficient (Wildman–Crippen LogP) is 3.17. The molecule has 1 fully saturated rings. The first kappa shape index (κ1) is 11.4. The van der Waals surface area contributed by atoms with Gasteiger partial charge in [-0.05, 0) is 48.6 Å². The first-order valence-corrected chi connectivity index (χ1v) is 6.62. The summed E-state index contributed by atoms with van der Waals surface area (Å²) in [5, 5.41) is 3.69. The van der Waals surface area contributed by atoms with Crippen LogP contribution >= 0.6 is 0 Å². The van der Waals surface area contributed by atoms with E-state index < -0.39 is 0 Å². The average molecular weight is 238 g/mol. The van der Waals surface area contributed by atoms with E-state index in [9.17, 15) is 0 Å². The third-order valence-electron chi connectivity index (χ3n) is 3.48. The standard InChI is InChI=1S/C16H18N2/c1-2-4-14(5-3-1)16(18-12-13-6-7-13)15-8-10-17-11-9-15/h1-5,8-11,13,16,18H,6-7,12H2/t16-/m1/s1. The third kappa shape index (κ3) is 2.77. The molecule has 1 atom stereocenters. The van der Waals surface area contributed by atoms with Crippen molar-refractivity contribution < 1.29 is 0 Å². The van der Waals surface area contributed by atoms with Crippen LogP contribution in [0.1, 0.15) is 30.0 Å². The first-order chi connectivity index (χ1) is 8.93. The fourth-order valence-corrected chi connectivity index (χ4v) is 2.24. The number of hydrogen-bond acceptors (Lipinski definition) is 2. The molecule has 1 heterocycles. The van der Waals surface area contributed by atoms with Gasteiger partial charge in [0.25, 0.3) is 0 Å². The highest BCUT2D eigenvalue weighted by Crippen LogP contribution is 2.29. The number of pyridine rings is 1. The van der Waals surface area contributed by atoms with Gasteiger partial charge in [-0.3, -0.25) is 4.98 Å². The van der Waals surface area contributed by atoms with Gasteiger partial charge in [-0.25, -0.2) is 0 Å². The highest BCUT2D eigenvalue weighted by molar-refractivity contribution is 5.30. The highest BCUT2D eigenvalue weighted by atomic mass is 14.9. The molecule has 2 heteroatoms. The molecule has 0 amide bonds. The monoisotopic (exact) mass is 238 g/mol. The van der Waals surface area contributed by atoms with Crippen LogP contribution < -0.4 is 5.32 Å². The quantitative estimate of drug-likeness (QED) is 0.865. The molecule has 1 aromatic carbocycles. The van der Waals surface area contributed by atoms with Crippen molar-refractivity contribution in [3.8, 4) is 0 Å². The Morgan fingerprint density at radius 2 is 1.67 bits per heavy atom. The second-order valence-electron chi connectivity index (χ2n) is 4.98. The maximum absolute atomic E-state index is 4.10. The molecule has 92 valence electrons. The summed E-state index contributed by atoms with van der Waals surface area (Å²) >= 11 is 0. The zero-order valence-electron chi connectivity index (χ0n) is 10.4. The van der Waals surface area contributed by atoms with Crippen LogP contribution in [-0.2, 0) is 0 Å². The molecule has 1 aromatic heterocycles. The first-order valence-electron chi connectivity index (χ1n) is 6.62. The summed E-state index contributed by atoms with van der Waals surface area (Å²) in [7, 11) is 0. The number of hydrogen-bond donors (Lipinski definition) is 1. The van der Waals surface area contributed by atoms with E-state index in [2.05, 4.69) is 52.8 Å². The molecule has 3 rings (SSSR count). The van der Waals surface area contributed by atoms with Crippen LogP contribution in [0.15, 0.2) is 54.9 Å². The van der Waals surface area contributed by atoms with E-state index in [1.165, 1.54) is 24.0 Å². The van der Waals surface area contributed by atoms with Gasteiger partial charge in [-0.2, -0.15) is 0 Å². The van der Waals surface area contributed by atoms with Crippen LogP contribution in [0.4, 0.5) is 0 Å². The molecule has 1 aliphatic rings. The van der Waals surface area contributed by atoms with E-state index >= 15 is 0 Å². The summed E-state index contributed by atoms with van der Waals surface area (Å²) in [4.78, 5) is 4.10. The molecular formula is C16H18N2. The van der Waals surface area contributed by atoms with Crippen molar-refractivity contribution in [2.45, 2.75) is 18.9 Å². The molecule has 0 spiro atoms. The lowest BCUT2D eigenvalue weighted by Gasteiger charge is -2.19. The van der Waals surface area contributed by atoms with Crippen LogP contribution in [0.5, 0.6) is 0 Å². The maximum atomic E-state index is 4.10. The SMILES string of the molecule is c1ccc([C@@H](NCC2CC2)c2ccncc2)cc1. The van der Waals surface area contributed by atoms with E-state index in [-0.39, 0.29) is 6.04 Å². The highest BCUT2D eigenvalue weighted by Gasteiger charge is 2.23. The number of aromatic nitrogens is 1. The summed E-state index contributed by atoms with van der Waals surface area (Å²) < 4.78 is 0. The van der Waals surface area contributed by atoms with E-state index in [4.69, 9.17) is 0 Å². The van der Waals surface area contributed by atoms with Gasteiger partial charge in [0.2, 0.25) is 0 Å². The molecule has 0 bridgehead atoms. The van der Waals surface area contributed by atoms with Crippen molar-refractivity contribution in [2.75, 3.05) is 6.54 Å². The minimum Gasteiger partial charge on any atom is -0.306 e. The molecule has 0 saturated heterocycles. The Bertz CT molecular complexity index is 437. The zero-order valence-corrected chi connectivity index (χ0v) is 10.4. The van der Waals surface area contributed by atoms with E-state index in [0.29, 0.717) is 0 Å². The summed E-state index contributed by atoms with van der Waals surface area (Å²) in [5.41, 5.74) is 2.61. The summed E-state index contributed by atoms with van der Waals surface area (Å²) in [6, 6.07) is 15.1. The second kappa shape index (κ2) is 5.32. The minimum absolute atomic E-state index is 0.287. The summed E-state index contributed by atoms with van der Waals surface area (Å²) in [6.45, 7) is 1.11. The number of nitrogens with one attached hydrogen (secondary N) is 1. The Morgan fingerprint density at radius 3 is 2.33 bits per heavy atom. The van der Waals surface area contributed by atoms with Gasteiger partial charge >= 0.3 is 0 Å². The Kier molecular flexibility index (Phi) is 3.37. The third-order valence-corrected chi connectivity index (χ3v) is 3.48. The van der Waals surface area contributed by atoms with Gasteiger partial charge in [-0.1, -0.05) is 30.3 Å². The Labute approximate surface area is 108 Å². The van der Waals surface area contributed by atoms with Gasteiger partial charge in [0.05, 0.1) is 6.04 Å². The van der Waals surface area contributed by atoms with Crippen LogP contribution in [0.3, 0.4) is 0 Å². The van der Waals surface area contributed by atoms with Crippen molar-refractivity contribution in [1.29, 1.82) is 0 Å². The second-order valence-corrected chi connectivity index (χ2v) is 4.98. The van der Waals surface area contributed by atoms with Crippen molar-refractivity contribution >= 4 is 0 Å². The normalized spacial score (nSPS) is 16.4. The smallest absolute Gasteiger partial charge is 0.0577 e. The van der Waals surface area contributed by atoms with Crippen LogP contribution in [0, 0.1) is 5.92 Å². The van der Waals surface area contributed by atoms with Crippen molar-refractivity contribution in [3.63, 3.8) is 0 Å². The fraction of sp³-hybridized carbons (Fsp3) is 0.312. The van der Waals surface area contributed by atoms with E-state index in [1.807, 2.05) is 12.4 Å². The molecule has 1 N–H and O–H groups in total. The predicted molar refractivity (Wildman–Crippen MR) is 73.2 cm³/mol. The van der Waals surface area contributed by atoms with E-state index in [1.54, 1.807) is 0 Å². The van der Waals surface area contributed by atoms with Gasteiger partial charge in [-0.15, -0.1) is 0 Å². The molecule has 1 saturated carbocycles. The van der Waals surface area contributed by atoms with Crippen LogP contribution in [0.25, 0.3) is 0 Å². The average Bonchev–Trinajstić information content (AvgIpc) is 3.26. The lowest BCUT2D eigenvalue weighted by molar-refractivity contribution is 0.573. The van der Waals surface area contributed by atoms with Crippen LogP contribution in [-0.4, -0.2) is 11.5 Å². The van der Waals surface area contributed by atoms with Crippen LogP contribution in [0.2, 0.25) is 0 Å². The number of benzene rings is 1. The molecular weight excluding hydrogens is 220 g/mol. The van der Waals surface area contributed by atoms with Gasteiger partial charge < -0.3 is 5.32 Å². The Morgan fingerprint density at radius 1 is 1.00 bits per heavy atom. The molecule has 1 aliphatic carbocycles. The fourth-order valence-electron chi connectivity index (χ4n) is 2.24. The van der Waals surface area contributed by atoms with Crippen molar-refractivity contribution in [2.24, 2.45) is 5.92 Å². The minimum atomic E-state index is 0.287.